The predicted octanol–water partition coefficient (Wildman–Crippen LogP) is 3.11. The number of amides is 1. The lowest BCUT2D eigenvalue weighted by Crippen LogP contribution is -2.24. The summed E-state index contributed by atoms with van der Waals surface area (Å²) in [6.45, 7) is 0.520. The summed E-state index contributed by atoms with van der Waals surface area (Å²) in [4.78, 5) is 12.9. The topological polar surface area (TPSA) is 47.6 Å². The molecule has 2 aromatic carbocycles. The summed E-state index contributed by atoms with van der Waals surface area (Å²) in [5.74, 6) is 2.03. The minimum Gasteiger partial charge on any atom is -0.497 e. The van der Waals surface area contributed by atoms with Gasteiger partial charge in [0.25, 0.3) is 0 Å². The van der Waals surface area contributed by atoms with Crippen molar-refractivity contribution in [3.05, 3.63) is 54.1 Å². The first-order valence-electron chi connectivity index (χ1n) is 6.88. The Labute approximate surface area is 134 Å². The molecule has 0 heterocycles. The highest BCUT2D eigenvalue weighted by Crippen LogP contribution is 2.21. The number of thioether (sulfide) groups is 1. The van der Waals surface area contributed by atoms with Crippen LogP contribution in [0.4, 0.5) is 0 Å². The molecule has 0 atom stereocenters. The Morgan fingerprint density at radius 3 is 2.05 bits per heavy atom. The molecular formula is C17H19NO3S. The van der Waals surface area contributed by atoms with Crippen molar-refractivity contribution in [2.75, 3.05) is 20.0 Å². The monoisotopic (exact) mass is 317 g/mol. The molecule has 0 radical (unpaired) electrons. The SMILES string of the molecule is COc1ccc(CNC(=O)CSc2ccc(OC)cc2)cc1. The second-order valence-electron chi connectivity index (χ2n) is 4.59. The van der Waals surface area contributed by atoms with Crippen LogP contribution in [-0.4, -0.2) is 25.9 Å². The van der Waals surface area contributed by atoms with Crippen LogP contribution in [0.2, 0.25) is 0 Å². The number of hydrogen-bond donors (Lipinski definition) is 1. The van der Waals surface area contributed by atoms with E-state index in [1.54, 1.807) is 14.2 Å². The van der Waals surface area contributed by atoms with Gasteiger partial charge in [-0.15, -0.1) is 11.8 Å². The van der Waals surface area contributed by atoms with Crippen molar-refractivity contribution < 1.29 is 14.3 Å². The summed E-state index contributed by atoms with van der Waals surface area (Å²) in [6.07, 6.45) is 0. The Balaban J connectivity index is 1.74. The molecule has 0 aromatic heterocycles. The first kappa shape index (κ1) is 16.2. The lowest BCUT2D eigenvalue weighted by molar-refractivity contribution is -0.118. The molecule has 0 aliphatic carbocycles. The molecule has 1 amide bonds. The Morgan fingerprint density at radius 1 is 0.955 bits per heavy atom. The van der Waals surface area contributed by atoms with Crippen molar-refractivity contribution in [2.45, 2.75) is 11.4 Å². The lowest BCUT2D eigenvalue weighted by Gasteiger charge is -2.07. The fraction of sp³-hybridized carbons (Fsp3) is 0.235. The summed E-state index contributed by atoms with van der Waals surface area (Å²) in [6, 6.07) is 15.3. The average molecular weight is 317 g/mol. The molecule has 116 valence electrons. The van der Waals surface area contributed by atoms with E-state index in [9.17, 15) is 4.79 Å². The average Bonchev–Trinajstić information content (AvgIpc) is 2.59. The van der Waals surface area contributed by atoms with Crippen LogP contribution in [0.1, 0.15) is 5.56 Å². The number of rotatable bonds is 7. The summed E-state index contributed by atoms with van der Waals surface area (Å²) >= 11 is 1.50. The first-order valence-corrected chi connectivity index (χ1v) is 7.86. The largest absolute Gasteiger partial charge is 0.497 e. The fourth-order valence-electron chi connectivity index (χ4n) is 1.82. The molecule has 0 fully saturated rings. The van der Waals surface area contributed by atoms with Gasteiger partial charge in [0.15, 0.2) is 0 Å². The van der Waals surface area contributed by atoms with Crippen LogP contribution < -0.4 is 14.8 Å². The maximum absolute atomic E-state index is 11.9. The van der Waals surface area contributed by atoms with E-state index >= 15 is 0 Å². The van der Waals surface area contributed by atoms with Crippen LogP contribution in [0.25, 0.3) is 0 Å². The number of hydrogen-bond acceptors (Lipinski definition) is 4. The molecule has 22 heavy (non-hydrogen) atoms. The summed E-state index contributed by atoms with van der Waals surface area (Å²) in [5.41, 5.74) is 1.04. The Kier molecular flexibility index (Phi) is 6.15. The molecule has 2 aromatic rings. The van der Waals surface area contributed by atoms with Crippen molar-refractivity contribution in [3.63, 3.8) is 0 Å². The standard InChI is InChI=1S/C17H19NO3S/c1-20-14-5-3-13(4-6-14)11-18-17(19)12-22-16-9-7-15(21-2)8-10-16/h3-10H,11-12H2,1-2H3,(H,18,19). The normalized spacial score (nSPS) is 10.1. The fourth-order valence-corrected chi connectivity index (χ4v) is 2.54. The zero-order valence-electron chi connectivity index (χ0n) is 12.7. The van der Waals surface area contributed by atoms with E-state index in [2.05, 4.69) is 5.32 Å². The van der Waals surface area contributed by atoms with Crippen LogP contribution in [0.5, 0.6) is 11.5 Å². The quantitative estimate of drug-likeness (QED) is 0.797. The van der Waals surface area contributed by atoms with Crippen molar-refractivity contribution in [3.8, 4) is 11.5 Å². The van der Waals surface area contributed by atoms with Crippen molar-refractivity contribution in [1.82, 2.24) is 5.32 Å². The number of benzene rings is 2. The van der Waals surface area contributed by atoms with Crippen LogP contribution in [0.15, 0.2) is 53.4 Å². The van der Waals surface area contributed by atoms with Crippen molar-refractivity contribution in [2.24, 2.45) is 0 Å². The van der Waals surface area contributed by atoms with Crippen molar-refractivity contribution in [1.29, 1.82) is 0 Å². The number of ether oxygens (including phenoxy) is 2. The Hall–Kier alpha value is -2.14. The molecule has 0 bridgehead atoms. The minimum atomic E-state index is 0.0108. The first-order chi connectivity index (χ1) is 10.7. The second kappa shape index (κ2) is 8.34. The van der Waals surface area contributed by atoms with E-state index < -0.39 is 0 Å². The Bertz CT molecular complexity index is 543. The number of nitrogens with one attached hydrogen (secondary N) is 1. The van der Waals surface area contributed by atoms with Crippen molar-refractivity contribution >= 4 is 17.7 Å². The highest BCUT2D eigenvalue weighted by Gasteiger charge is 2.03. The van der Waals surface area contributed by atoms with Gasteiger partial charge in [0.2, 0.25) is 5.91 Å². The van der Waals surface area contributed by atoms with Gasteiger partial charge in [-0.1, -0.05) is 12.1 Å². The molecule has 0 saturated carbocycles. The zero-order chi connectivity index (χ0) is 15.8. The number of methoxy groups -OCH3 is 2. The van der Waals surface area contributed by atoms with E-state index in [0.29, 0.717) is 12.3 Å². The number of carbonyl (C=O) groups excluding carboxylic acids is 1. The molecule has 4 nitrogen and oxygen atoms in total. The summed E-state index contributed by atoms with van der Waals surface area (Å²) in [5, 5.41) is 2.90. The third-order valence-electron chi connectivity index (χ3n) is 3.08. The molecule has 0 unspecified atom stereocenters. The molecule has 1 N–H and O–H groups in total. The van der Waals surface area contributed by atoms with Gasteiger partial charge in [-0.05, 0) is 42.0 Å². The second-order valence-corrected chi connectivity index (χ2v) is 5.64. The molecular weight excluding hydrogens is 298 g/mol. The predicted molar refractivity (Wildman–Crippen MR) is 88.6 cm³/mol. The van der Waals surface area contributed by atoms with Crippen LogP contribution in [0.3, 0.4) is 0 Å². The summed E-state index contributed by atoms with van der Waals surface area (Å²) in [7, 11) is 3.27. The third kappa shape index (κ3) is 5.00. The van der Waals surface area contributed by atoms with Gasteiger partial charge in [0, 0.05) is 11.4 Å². The van der Waals surface area contributed by atoms with E-state index in [1.165, 1.54) is 11.8 Å². The molecule has 0 aliphatic heterocycles. The summed E-state index contributed by atoms with van der Waals surface area (Å²) < 4.78 is 10.2. The van der Waals surface area contributed by atoms with Crippen LogP contribution >= 0.6 is 11.8 Å². The van der Waals surface area contributed by atoms with E-state index in [0.717, 1.165) is 22.0 Å². The van der Waals surface area contributed by atoms with Gasteiger partial charge in [0.05, 0.1) is 20.0 Å². The van der Waals surface area contributed by atoms with E-state index in [1.807, 2.05) is 48.5 Å². The van der Waals surface area contributed by atoms with E-state index in [-0.39, 0.29) is 5.91 Å². The van der Waals surface area contributed by atoms with Gasteiger partial charge in [-0.2, -0.15) is 0 Å². The molecule has 2 rings (SSSR count). The smallest absolute Gasteiger partial charge is 0.230 e. The third-order valence-corrected chi connectivity index (χ3v) is 4.09. The van der Waals surface area contributed by atoms with Gasteiger partial charge in [-0.3, -0.25) is 4.79 Å². The number of carbonyl (C=O) groups is 1. The Morgan fingerprint density at radius 2 is 1.50 bits per heavy atom. The van der Waals surface area contributed by atoms with Gasteiger partial charge in [0.1, 0.15) is 11.5 Å². The van der Waals surface area contributed by atoms with E-state index in [4.69, 9.17) is 9.47 Å². The molecule has 5 heteroatoms. The zero-order valence-corrected chi connectivity index (χ0v) is 13.5. The molecule has 0 aliphatic rings. The van der Waals surface area contributed by atoms with Crippen LogP contribution in [0, 0.1) is 0 Å². The maximum atomic E-state index is 11.9. The highest BCUT2D eigenvalue weighted by atomic mass is 32.2. The van der Waals surface area contributed by atoms with Crippen LogP contribution in [-0.2, 0) is 11.3 Å². The van der Waals surface area contributed by atoms with Gasteiger partial charge < -0.3 is 14.8 Å². The highest BCUT2D eigenvalue weighted by molar-refractivity contribution is 8.00. The van der Waals surface area contributed by atoms with Gasteiger partial charge in [-0.25, -0.2) is 0 Å². The van der Waals surface area contributed by atoms with Gasteiger partial charge >= 0.3 is 0 Å². The molecule has 0 saturated heterocycles. The lowest BCUT2D eigenvalue weighted by atomic mass is 10.2. The maximum Gasteiger partial charge on any atom is 0.230 e. The molecule has 0 spiro atoms. The minimum absolute atomic E-state index is 0.0108.